The molecular formula is C52H68N2O2. The fourth-order valence-corrected chi connectivity index (χ4v) is 7.34. The van der Waals surface area contributed by atoms with Gasteiger partial charge in [0.15, 0.2) is 0 Å². The number of ether oxygens (including phenoxy) is 2. The van der Waals surface area contributed by atoms with Crippen LogP contribution in [0.5, 0.6) is 11.5 Å². The molecule has 2 aromatic heterocycles. The van der Waals surface area contributed by atoms with E-state index in [9.17, 15) is 0 Å². The number of aromatic nitrogens is 2. The third-order valence-corrected chi connectivity index (χ3v) is 10.8. The van der Waals surface area contributed by atoms with Crippen molar-refractivity contribution in [3.8, 4) is 11.5 Å². The van der Waals surface area contributed by atoms with Gasteiger partial charge in [-0.05, 0) is 73.5 Å². The standard InChI is InChI=1S/C52H68N2O2/c1-3-5-7-9-11-13-15-17-19-25-39-55-51-41-46(34-38-48-36-32-44-28-22-24-30-50(44)54-48)52(56-40-26-20-18-16-14-12-10-8-6-4-2)42-45(51)33-37-47-35-31-43-27-21-23-29-49(43)53-47/h21-24,27-38,41-42H,3-20,25-26,39-40H2,1-2H3/b37-33+,38-34+. The van der Waals surface area contributed by atoms with Crippen LogP contribution in [-0.2, 0) is 0 Å². The van der Waals surface area contributed by atoms with Gasteiger partial charge in [-0.25, -0.2) is 9.97 Å². The molecule has 0 saturated heterocycles. The zero-order chi connectivity index (χ0) is 38.9. The maximum Gasteiger partial charge on any atom is 0.127 e. The Bertz CT molecular complexity index is 1770. The van der Waals surface area contributed by atoms with Crippen molar-refractivity contribution < 1.29 is 9.47 Å². The summed E-state index contributed by atoms with van der Waals surface area (Å²) in [5, 5.41) is 2.29. The van der Waals surface area contributed by atoms with Gasteiger partial charge in [0, 0.05) is 21.9 Å². The van der Waals surface area contributed by atoms with Gasteiger partial charge in [0.1, 0.15) is 11.5 Å². The third kappa shape index (κ3) is 15.2. The average molecular weight is 753 g/mol. The SMILES string of the molecule is CCCCCCCCCCCCOc1cc(/C=C/c2ccc3ccccc3n2)c(OCCCCCCCCCCCC)cc1/C=C/c1ccc2ccccc2n1. The summed E-state index contributed by atoms with van der Waals surface area (Å²) in [5.74, 6) is 1.74. The van der Waals surface area contributed by atoms with Gasteiger partial charge in [-0.2, -0.15) is 0 Å². The molecule has 5 aromatic rings. The highest BCUT2D eigenvalue weighted by atomic mass is 16.5. The Balaban J connectivity index is 1.30. The minimum absolute atomic E-state index is 0.694. The highest BCUT2D eigenvalue weighted by molar-refractivity contribution is 5.83. The first-order valence-corrected chi connectivity index (χ1v) is 22.2. The molecule has 56 heavy (non-hydrogen) atoms. The lowest BCUT2D eigenvalue weighted by molar-refractivity contribution is 0.295. The van der Waals surface area contributed by atoms with Crippen LogP contribution in [0.2, 0.25) is 0 Å². The molecule has 0 aliphatic carbocycles. The van der Waals surface area contributed by atoms with Gasteiger partial charge >= 0.3 is 0 Å². The smallest absolute Gasteiger partial charge is 0.127 e. The van der Waals surface area contributed by atoms with Crippen LogP contribution >= 0.6 is 0 Å². The molecule has 5 rings (SSSR count). The van der Waals surface area contributed by atoms with Gasteiger partial charge in [-0.15, -0.1) is 0 Å². The number of fused-ring (bicyclic) bond motifs is 2. The summed E-state index contributed by atoms with van der Waals surface area (Å²) in [6.45, 7) is 5.96. The molecule has 0 N–H and O–H groups in total. The molecule has 4 heteroatoms. The lowest BCUT2D eigenvalue weighted by atomic mass is 10.1. The van der Waals surface area contributed by atoms with Gasteiger partial charge < -0.3 is 9.47 Å². The summed E-state index contributed by atoms with van der Waals surface area (Å²) in [6, 6.07) is 29.3. The van der Waals surface area contributed by atoms with Crippen molar-refractivity contribution in [1.82, 2.24) is 9.97 Å². The zero-order valence-electron chi connectivity index (χ0n) is 34.7. The number of benzene rings is 3. The molecule has 3 aromatic carbocycles. The number of hydrogen-bond donors (Lipinski definition) is 0. The minimum Gasteiger partial charge on any atom is -0.493 e. The normalized spacial score (nSPS) is 11.8. The first-order valence-electron chi connectivity index (χ1n) is 22.2. The second-order valence-electron chi connectivity index (χ2n) is 15.5. The molecule has 0 aliphatic heterocycles. The van der Waals surface area contributed by atoms with Crippen molar-refractivity contribution in [1.29, 1.82) is 0 Å². The van der Waals surface area contributed by atoms with E-state index in [2.05, 4.69) is 111 Å². The van der Waals surface area contributed by atoms with Crippen LogP contribution < -0.4 is 9.47 Å². The van der Waals surface area contributed by atoms with Crippen LogP contribution in [0.25, 0.3) is 46.1 Å². The highest BCUT2D eigenvalue weighted by Crippen LogP contribution is 2.33. The molecule has 2 heterocycles. The summed E-state index contributed by atoms with van der Waals surface area (Å²) in [7, 11) is 0. The van der Waals surface area contributed by atoms with Crippen molar-refractivity contribution in [2.24, 2.45) is 0 Å². The van der Waals surface area contributed by atoms with Gasteiger partial charge in [0.05, 0.1) is 35.6 Å². The third-order valence-electron chi connectivity index (χ3n) is 10.8. The van der Waals surface area contributed by atoms with E-state index >= 15 is 0 Å². The largest absolute Gasteiger partial charge is 0.493 e. The van der Waals surface area contributed by atoms with E-state index in [4.69, 9.17) is 19.4 Å². The maximum atomic E-state index is 6.61. The van der Waals surface area contributed by atoms with Crippen molar-refractivity contribution in [2.75, 3.05) is 13.2 Å². The Labute approximate surface area is 338 Å². The predicted molar refractivity (Wildman–Crippen MR) is 242 cm³/mol. The average Bonchev–Trinajstić information content (AvgIpc) is 3.23. The fourth-order valence-electron chi connectivity index (χ4n) is 7.34. The number of unbranched alkanes of at least 4 members (excludes halogenated alkanes) is 18. The van der Waals surface area contributed by atoms with Crippen LogP contribution in [0.3, 0.4) is 0 Å². The quantitative estimate of drug-likeness (QED) is 0.0477. The molecule has 4 nitrogen and oxygen atoms in total. The Kier molecular flexibility index (Phi) is 19.6. The van der Waals surface area contributed by atoms with E-state index in [1.54, 1.807) is 0 Å². The Morgan fingerprint density at radius 2 is 0.750 bits per heavy atom. The topological polar surface area (TPSA) is 44.2 Å². The molecule has 0 aliphatic rings. The van der Waals surface area contributed by atoms with Gasteiger partial charge in [0.2, 0.25) is 0 Å². The van der Waals surface area contributed by atoms with Crippen LogP contribution in [-0.4, -0.2) is 23.2 Å². The van der Waals surface area contributed by atoms with Crippen LogP contribution in [0.1, 0.15) is 165 Å². The Hall–Kier alpha value is -4.44. The number of nitrogens with zero attached hydrogens (tertiary/aromatic N) is 2. The van der Waals surface area contributed by atoms with Gasteiger partial charge in [-0.3, -0.25) is 0 Å². The highest BCUT2D eigenvalue weighted by Gasteiger charge is 2.11. The lowest BCUT2D eigenvalue weighted by Crippen LogP contribution is -2.03. The number of pyridine rings is 2. The summed E-state index contributed by atoms with van der Waals surface area (Å²) in [4.78, 5) is 9.82. The number of rotatable bonds is 28. The zero-order valence-corrected chi connectivity index (χ0v) is 34.7. The monoisotopic (exact) mass is 753 g/mol. The molecular weight excluding hydrogens is 685 g/mol. The van der Waals surface area contributed by atoms with Crippen molar-refractivity contribution >= 4 is 46.1 Å². The predicted octanol–water partition coefficient (Wildman–Crippen LogP) is 15.7. The summed E-state index contributed by atoms with van der Waals surface area (Å²) >= 11 is 0. The lowest BCUT2D eigenvalue weighted by Gasteiger charge is -2.15. The van der Waals surface area contributed by atoms with Crippen LogP contribution in [0, 0.1) is 0 Å². The molecule has 0 bridgehead atoms. The van der Waals surface area contributed by atoms with E-state index in [0.29, 0.717) is 13.2 Å². The van der Waals surface area contributed by atoms with E-state index in [1.807, 2.05) is 12.1 Å². The second kappa shape index (κ2) is 25.7. The summed E-state index contributed by atoms with van der Waals surface area (Å²) < 4.78 is 13.2. The molecule has 0 unspecified atom stereocenters. The van der Waals surface area contributed by atoms with Gasteiger partial charge in [0.25, 0.3) is 0 Å². The first kappa shape index (κ1) is 42.7. The van der Waals surface area contributed by atoms with E-state index < -0.39 is 0 Å². The molecule has 0 amide bonds. The summed E-state index contributed by atoms with van der Waals surface area (Å²) in [5.41, 5.74) is 5.84. The van der Waals surface area contributed by atoms with E-state index in [-0.39, 0.29) is 0 Å². The molecule has 0 fully saturated rings. The molecule has 0 radical (unpaired) electrons. The van der Waals surface area contributed by atoms with Crippen molar-refractivity contribution in [2.45, 2.75) is 142 Å². The van der Waals surface area contributed by atoms with E-state index in [1.165, 1.54) is 116 Å². The fraction of sp³-hybridized carbons (Fsp3) is 0.462. The van der Waals surface area contributed by atoms with Gasteiger partial charge in [-0.1, -0.05) is 178 Å². The van der Waals surface area contributed by atoms with Crippen molar-refractivity contribution in [3.63, 3.8) is 0 Å². The Morgan fingerprint density at radius 1 is 0.393 bits per heavy atom. The molecule has 298 valence electrons. The minimum atomic E-state index is 0.694. The van der Waals surface area contributed by atoms with Crippen LogP contribution in [0.4, 0.5) is 0 Å². The second-order valence-corrected chi connectivity index (χ2v) is 15.5. The number of hydrogen-bond acceptors (Lipinski definition) is 4. The molecule has 0 saturated carbocycles. The Morgan fingerprint density at radius 3 is 1.14 bits per heavy atom. The summed E-state index contributed by atoms with van der Waals surface area (Å²) in [6.07, 6.45) is 34.5. The number of para-hydroxylation sites is 2. The van der Waals surface area contributed by atoms with E-state index in [0.717, 1.165) is 68.7 Å². The van der Waals surface area contributed by atoms with Crippen molar-refractivity contribution in [3.05, 3.63) is 107 Å². The maximum absolute atomic E-state index is 6.61. The first-order chi connectivity index (χ1) is 27.7. The molecule has 0 spiro atoms. The molecule has 0 atom stereocenters. The van der Waals surface area contributed by atoms with Crippen LogP contribution in [0.15, 0.2) is 84.9 Å².